The Morgan fingerprint density at radius 1 is 1.60 bits per heavy atom. The van der Waals surface area contributed by atoms with Crippen LogP contribution in [0.5, 0.6) is 0 Å². The first-order valence-corrected chi connectivity index (χ1v) is 5.01. The highest BCUT2D eigenvalue weighted by molar-refractivity contribution is 6.29. The Labute approximate surface area is 92.5 Å². The minimum absolute atomic E-state index is 0.0928. The summed E-state index contributed by atoms with van der Waals surface area (Å²) in [5, 5.41) is 3.47. The van der Waals surface area contributed by atoms with Crippen LogP contribution in [0, 0.1) is 0 Å². The standard InChI is InChI=1S/C9H11ClN4O/c1-14-5-6(2-9(14)15)12-8-4-11-3-7(10)13-8/h3-4,6H,2,5H2,1H3,(H,12,13). The van der Waals surface area contributed by atoms with E-state index in [1.165, 1.54) is 6.20 Å². The quantitative estimate of drug-likeness (QED) is 0.810. The van der Waals surface area contributed by atoms with Crippen LogP contribution in [0.3, 0.4) is 0 Å². The van der Waals surface area contributed by atoms with Gasteiger partial charge in [0.25, 0.3) is 0 Å². The second-order valence-electron chi connectivity index (χ2n) is 3.55. The Morgan fingerprint density at radius 3 is 3.00 bits per heavy atom. The number of halogens is 1. The molecule has 2 rings (SSSR count). The first-order valence-electron chi connectivity index (χ1n) is 4.63. The lowest BCUT2D eigenvalue weighted by molar-refractivity contribution is -0.126. The average Bonchev–Trinajstić information content (AvgIpc) is 2.45. The van der Waals surface area contributed by atoms with Crippen LogP contribution in [0.15, 0.2) is 12.4 Å². The number of aromatic nitrogens is 2. The number of nitrogens with one attached hydrogen (secondary N) is 1. The largest absolute Gasteiger partial charge is 0.364 e. The Bertz CT molecular complexity index is 384. The Kier molecular flexibility index (Phi) is 2.73. The molecule has 1 aliphatic rings. The molecule has 2 heterocycles. The fourth-order valence-corrected chi connectivity index (χ4v) is 1.73. The predicted molar refractivity (Wildman–Crippen MR) is 56.7 cm³/mol. The molecule has 1 N–H and O–H groups in total. The predicted octanol–water partition coefficient (Wildman–Crippen LogP) is 0.773. The number of likely N-dealkylation sites (tertiary alicyclic amines) is 1. The molecule has 15 heavy (non-hydrogen) atoms. The maximum atomic E-state index is 11.3. The third kappa shape index (κ3) is 2.36. The second kappa shape index (κ2) is 4.02. The van der Waals surface area contributed by atoms with Gasteiger partial charge in [0.1, 0.15) is 11.0 Å². The molecular weight excluding hydrogens is 216 g/mol. The van der Waals surface area contributed by atoms with E-state index in [9.17, 15) is 4.79 Å². The van der Waals surface area contributed by atoms with E-state index in [2.05, 4.69) is 15.3 Å². The molecular formula is C9H11ClN4O. The summed E-state index contributed by atoms with van der Waals surface area (Å²) in [6.07, 6.45) is 3.55. The molecule has 1 amide bonds. The van der Waals surface area contributed by atoms with Crippen LogP contribution in [-0.4, -0.2) is 40.4 Å². The van der Waals surface area contributed by atoms with Crippen LogP contribution in [0.2, 0.25) is 5.15 Å². The van der Waals surface area contributed by atoms with Gasteiger partial charge in [0.2, 0.25) is 5.91 Å². The number of carbonyl (C=O) groups excluding carboxylic acids is 1. The first kappa shape index (κ1) is 10.2. The van der Waals surface area contributed by atoms with Crippen molar-refractivity contribution in [2.75, 3.05) is 18.9 Å². The minimum Gasteiger partial charge on any atom is -0.364 e. The van der Waals surface area contributed by atoms with Gasteiger partial charge in [0, 0.05) is 20.0 Å². The molecule has 1 saturated heterocycles. The van der Waals surface area contributed by atoms with E-state index in [0.717, 1.165) is 0 Å². The number of rotatable bonds is 2. The van der Waals surface area contributed by atoms with E-state index in [-0.39, 0.29) is 11.9 Å². The molecule has 6 heteroatoms. The number of carbonyl (C=O) groups is 1. The van der Waals surface area contributed by atoms with Gasteiger partial charge in [0.15, 0.2) is 0 Å². The second-order valence-corrected chi connectivity index (χ2v) is 3.93. The number of hydrogen-bond donors (Lipinski definition) is 1. The van der Waals surface area contributed by atoms with Gasteiger partial charge >= 0.3 is 0 Å². The number of amides is 1. The van der Waals surface area contributed by atoms with E-state index >= 15 is 0 Å². The van der Waals surface area contributed by atoms with E-state index in [1.807, 2.05) is 0 Å². The third-order valence-electron chi connectivity index (χ3n) is 2.30. The Morgan fingerprint density at radius 2 is 2.40 bits per heavy atom. The molecule has 0 saturated carbocycles. The summed E-state index contributed by atoms with van der Waals surface area (Å²) < 4.78 is 0. The molecule has 1 atom stereocenters. The summed E-state index contributed by atoms with van der Waals surface area (Å²) in [6, 6.07) is 0.0928. The van der Waals surface area contributed by atoms with Crippen molar-refractivity contribution in [1.29, 1.82) is 0 Å². The van der Waals surface area contributed by atoms with E-state index in [1.54, 1.807) is 18.1 Å². The van der Waals surface area contributed by atoms with Crippen molar-refractivity contribution in [3.63, 3.8) is 0 Å². The van der Waals surface area contributed by atoms with Crippen LogP contribution in [0.25, 0.3) is 0 Å². The minimum atomic E-state index is 0.0928. The van der Waals surface area contributed by atoms with Crippen LogP contribution >= 0.6 is 11.6 Å². The lowest BCUT2D eigenvalue weighted by Gasteiger charge is -2.12. The molecule has 1 unspecified atom stereocenters. The molecule has 0 bridgehead atoms. The molecule has 0 spiro atoms. The van der Waals surface area contributed by atoms with Crippen molar-refractivity contribution < 1.29 is 4.79 Å². The summed E-state index contributed by atoms with van der Waals surface area (Å²) in [6.45, 7) is 0.688. The summed E-state index contributed by atoms with van der Waals surface area (Å²) in [5.74, 6) is 0.748. The zero-order valence-electron chi connectivity index (χ0n) is 8.27. The van der Waals surface area contributed by atoms with Crippen molar-refractivity contribution in [2.45, 2.75) is 12.5 Å². The molecule has 0 aromatic carbocycles. The fraction of sp³-hybridized carbons (Fsp3) is 0.444. The number of hydrogen-bond acceptors (Lipinski definition) is 4. The topological polar surface area (TPSA) is 58.1 Å². The number of anilines is 1. The van der Waals surface area contributed by atoms with Crippen LogP contribution in [0.1, 0.15) is 6.42 Å². The van der Waals surface area contributed by atoms with Crippen molar-refractivity contribution >= 4 is 23.3 Å². The lowest BCUT2D eigenvalue weighted by Crippen LogP contribution is -2.24. The zero-order chi connectivity index (χ0) is 10.8. The van der Waals surface area contributed by atoms with Gasteiger partial charge in [-0.3, -0.25) is 9.78 Å². The normalized spacial score (nSPS) is 20.8. The molecule has 0 aliphatic carbocycles. The zero-order valence-corrected chi connectivity index (χ0v) is 9.03. The van der Waals surface area contributed by atoms with Crippen molar-refractivity contribution in [1.82, 2.24) is 14.9 Å². The number of nitrogens with zero attached hydrogens (tertiary/aromatic N) is 3. The summed E-state index contributed by atoms with van der Waals surface area (Å²) in [4.78, 5) is 20.9. The van der Waals surface area contributed by atoms with Crippen molar-refractivity contribution in [3.05, 3.63) is 17.5 Å². The maximum Gasteiger partial charge on any atom is 0.224 e. The molecule has 1 aliphatic heterocycles. The molecule has 1 fully saturated rings. The van der Waals surface area contributed by atoms with Gasteiger partial charge in [-0.2, -0.15) is 0 Å². The highest BCUT2D eigenvalue weighted by Gasteiger charge is 2.26. The Hall–Kier alpha value is -1.36. The van der Waals surface area contributed by atoms with Gasteiger partial charge in [-0.1, -0.05) is 11.6 Å². The lowest BCUT2D eigenvalue weighted by atomic mass is 10.2. The molecule has 1 aromatic rings. The smallest absolute Gasteiger partial charge is 0.224 e. The SMILES string of the molecule is CN1CC(Nc2cncc(Cl)n2)CC1=O. The highest BCUT2D eigenvalue weighted by Crippen LogP contribution is 2.14. The van der Waals surface area contributed by atoms with Gasteiger partial charge in [0.05, 0.1) is 18.4 Å². The van der Waals surface area contributed by atoms with E-state index in [4.69, 9.17) is 11.6 Å². The van der Waals surface area contributed by atoms with Gasteiger partial charge < -0.3 is 10.2 Å². The van der Waals surface area contributed by atoms with Crippen molar-refractivity contribution in [2.24, 2.45) is 0 Å². The van der Waals surface area contributed by atoms with Gasteiger partial charge in [-0.25, -0.2) is 4.98 Å². The fourth-order valence-electron chi connectivity index (χ4n) is 1.58. The molecule has 5 nitrogen and oxygen atoms in total. The summed E-state index contributed by atoms with van der Waals surface area (Å²) in [5.41, 5.74) is 0. The third-order valence-corrected chi connectivity index (χ3v) is 2.48. The maximum absolute atomic E-state index is 11.3. The van der Waals surface area contributed by atoms with Gasteiger partial charge in [-0.05, 0) is 0 Å². The van der Waals surface area contributed by atoms with Crippen LogP contribution in [-0.2, 0) is 4.79 Å². The van der Waals surface area contributed by atoms with E-state index < -0.39 is 0 Å². The van der Waals surface area contributed by atoms with E-state index in [0.29, 0.717) is 23.9 Å². The van der Waals surface area contributed by atoms with Crippen LogP contribution < -0.4 is 5.32 Å². The summed E-state index contributed by atoms with van der Waals surface area (Å²) in [7, 11) is 1.79. The molecule has 0 radical (unpaired) electrons. The highest BCUT2D eigenvalue weighted by atomic mass is 35.5. The van der Waals surface area contributed by atoms with Crippen LogP contribution in [0.4, 0.5) is 5.82 Å². The van der Waals surface area contributed by atoms with Crippen molar-refractivity contribution in [3.8, 4) is 0 Å². The first-order chi connectivity index (χ1) is 7.15. The monoisotopic (exact) mass is 226 g/mol. The van der Waals surface area contributed by atoms with Gasteiger partial charge in [-0.15, -0.1) is 0 Å². The molecule has 1 aromatic heterocycles. The molecule has 80 valence electrons. The Balaban J connectivity index is 2.01. The number of likely N-dealkylation sites (N-methyl/N-ethyl adjacent to an activating group) is 1. The summed E-state index contributed by atoms with van der Waals surface area (Å²) >= 11 is 5.70. The average molecular weight is 227 g/mol.